The first kappa shape index (κ1) is 6.09. The molecule has 1 saturated heterocycles. The first-order valence-corrected chi connectivity index (χ1v) is 3.42. The number of nitrogens with zero attached hydrogens (tertiary/aromatic N) is 1. The minimum absolute atomic E-state index is 0.824. The molecule has 1 aliphatic rings. The van der Waals surface area contributed by atoms with Crippen LogP contribution in [0.2, 0.25) is 0 Å². The molecule has 0 aromatic carbocycles. The average molecular weight is 114 g/mol. The van der Waals surface area contributed by atoms with Gasteiger partial charge in [0.2, 0.25) is 0 Å². The van der Waals surface area contributed by atoms with Crippen molar-refractivity contribution in [3.8, 4) is 0 Å². The van der Waals surface area contributed by atoms with E-state index in [0.717, 1.165) is 12.1 Å². The van der Waals surface area contributed by atoms with Gasteiger partial charge in [-0.25, -0.2) is 0 Å². The maximum atomic E-state index is 2.33. The molecule has 8 heavy (non-hydrogen) atoms. The lowest BCUT2D eigenvalue weighted by atomic mass is 10.3. The summed E-state index contributed by atoms with van der Waals surface area (Å²) < 4.78 is 1.29. The highest BCUT2D eigenvalue weighted by molar-refractivity contribution is 4.68. The van der Waals surface area contributed by atoms with Crippen molar-refractivity contribution < 1.29 is 4.48 Å². The molecule has 0 radical (unpaired) electrons. The minimum Gasteiger partial charge on any atom is -0.312 e. The van der Waals surface area contributed by atoms with Gasteiger partial charge < -0.3 is 4.48 Å². The maximum absolute atomic E-state index is 2.33. The van der Waals surface area contributed by atoms with E-state index in [4.69, 9.17) is 0 Å². The number of hydrogen-bond donors (Lipinski definition) is 0. The van der Waals surface area contributed by atoms with Crippen LogP contribution in [0.3, 0.4) is 0 Å². The molecule has 1 aliphatic heterocycles. The van der Waals surface area contributed by atoms with Gasteiger partial charge in [-0.2, -0.15) is 0 Å². The largest absolute Gasteiger partial charge is 0.312 e. The molecule has 0 aromatic rings. The van der Waals surface area contributed by atoms with Crippen molar-refractivity contribution >= 4 is 0 Å². The van der Waals surface area contributed by atoms with E-state index >= 15 is 0 Å². The Morgan fingerprint density at radius 3 is 1.88 bits per heavy atom. The van der Waals surface area contributed by atoms with Gasteiger partial charge >= 0.3 is 0 Å². The standard InChI is InChI=1S/C7H16N/c1-6(2)8(4)5-7(8)3/h6-7H,5H2,1-4H3/q+1. The first-order chi connectivity index (χ1) is 3.57. The van der Waals surface area contributed by atoms with Gasteiger partial charge in [-0.15, -0.1) is 0 Å². The van der Waals surface area contributed by atoms with Crippen molar-refractivity contribution in [2.24, 2.45) is 0 Å². The van der Waals surface area contributed by atoms with E-state index in [1.165, 1.54) is 11.0 Å². The summed E-state index contributed by atoms with van der Waals surface area (Å²) in [6.45, 7) is 8.30. The lowest BCUT2D eigenvalue weighted by molar-refractivity contribution is -0.814. The van der Waals surface area contributed by atoms with Gasteiger partial charge in [-0.1, -0.05) is 0 Å². The molecule has 1 heterocycles. The van der Waals surface area contributed by atoms with Crippen LogP contribution in [0.1, 0.15) is 20.8 Å². The number of likely N-dealkylation sites (N-methyl/N-ethyl adjacent to an activating group) is 1. The molecule has 2 unspecified atom stereocenters. The number of rotatable bonds is 1. The van der Waals surface area contributed by atoms with Crippen LogP contribution in [-0.4, -0.2) is 30.2 Å². The summed E-state index contributed by atoms with van der Waals surface area (Å²) in [5, 5.41) is 0. The summed E-state index contributed by atoms with van der Waals surface area (Å²) in [4.78, 5) is 0. The van der Waals surface area contributed by atoms with Crippen molar-refractivity contribution in [3.63, 3.8) is 0 Å². The second-order valence-electron chi connectivity index (χ2n) is 3.47. The Hall–Kier alpha value is -0.0400. The van der Waals surface area contributed by atoms with E-state index in [0.29, 0.717) is 0 Å². The quantitative estimate of drug-likeness (QED) is 0.355. The summed E-state index contributed by atoms with van der Waals surface area (Å²) in [6.07, 6.45) is 0. The van der Waals surface area contributed by atoms with Crippen LogP contribution in [0.25, 0.3) is 0 Å². The van der Waals surface area contributed by atoms with Crippen LogP contribution in [0.5, 0.6) is 0 Å². The molecule has 2 atom stereocenters. The second kappa shape index (κ2) is 1.47. The van der Waals surface area contributed by atoms with Gasteiger partial charge in [-0.3, -0.25) is 0 Å². The van der Waals surface area contributed by atoms with E-state index < -0.39 is 0 Å². The molecule has 1 rings (SSSR count). The Bertz CT molecular complexity index is 98.6. The smallest absolute Gasteiger partial charge is 0.136 e. The number of hydrogen-bond acceptors (Lipinski definition) is 0. The molecule has 1 fully saturated rings. The summed E-state index contributed by atoms with van der Waals surface area (Å²) in [7, 11) is 2.33. The van der Waals surface area contributed by atoms with Gasteiger partial charge in [0.1, 0.15) is 12.6 Å². The fourth-order valence-corrected chi connectivity index (χ4v) is 1.24. The van der Waals surface area contributed by atoms with Crippen LogP contribution in [0.4, 0.5) is 0 Å². The van der Waals surface area contributed by atoms with E-state index in [2.05, 4.69) is 27.8 Å². The highest BCUT2D eigenvalue weighted by Crippen LogP contribution is 2.30. The number of quaternary nitrogens is 1. The van der Waals surface area contributed by atoms with Crippen molar-refractivity contribution in [1.29, 1.82) is 0 Å². The third-order valence-corrected chi connectivity index (χ3v) is 2.71. The Morgan fingerprint density at radius 1 is 1.50 bits per heavy atom. The monoisotopic (exact) mass is 114 g/mol. The molecular weight excluding hydrogens is 98.1 g/mol. The molecule has 0 aromatic heterocycles. The molecule has 0 saturated carbocycles. The second-order valence-corrected chi connectivity index (χ2v) is 3.47. The van der Waals surface area contributed by atoms with Crippen molar-refractivity contribution in [2.45, 2.75) is 32.9 Å². The van der Waals surface area contributed by atoms with E-state index in [-0.39, 0.29) is 0 Å². The van der Waals surface area contributed by atoms with Crippen LogP contribution in [0.15, 0.2) is 0 Å². The Labute approximate surface area is 51.9 Å². The molecule has 0 spiro atoms. The molecule has 0 aliphatic carbocycles. The van der Waals surface area contributed by atoms with Crippen LogP contribution in [-0.2, 0) is 0 Å². The summed E-state index contributed by atoms with van der Waals surface area (Å²) >= 11 is 0. The zero-order valence-electron chi connectivity index (χ0n) is 6.31. The predicted octanol–water partition coefficient (Wildman–Crippen LogP) is 1.24. The third-order valence-electron chi connectivity index (χ3n) is 2.71. The van der Waals surface area contributed by atoms with E-state index in [1.54, 1.807) is 0 Å². The van der Waals surface area contributed by atoms with Crippen molar-refractivity contribution in [3.05, 3.63) is 0 Å². The van der Waals surface area contributed by atoms with Gasteiger partial charge in [0.25, 0.3) is 0 Å². The van der Waals surface area contributed by atoms with Crippen LogP contribution in [0, 0.1) is 0 Å². The minimum atomic E-state index is 0.824. The van der Waals surface area contributed by atoms with Crippen LogP contribution >= 0.6 is 0 Å². The third kappa shape index (κ3) is 0.655. The lowest BCUT2D eigenvalue weighted by Gasteiger charge is -2.17. The maximum Gasteiger partial charge on any atom is 0.136 e. The topological polar surface area (TPSA) is 0 Å². The van der Waals surface area contributed by atoms with Gasteiger partial charge in [0.05, 0.1) is 13.1 Å². The Kier molecular flexibility index (Phi) is 1.12. The van der Waals surface area contributed by atoms with Gasteiger partial charge in [-0.05, 0) is 20.8 Å². The summed E-state index contributed by atoms with van der Waals surface area (Å²) in [6, 6.07) is 1.75. The zero-order chi connectivity index (χ0) is 6.36. The molecule has 0 amide bonds. The normalized spacial score (nSPS) is 45.4. The highest BCUT2D eigenvalue weighted by Gasteiger charge is 2.49. The Morgan fingerprint density at radius 2 is 1.88 bits per heavy atom. The molecule has 1 heteroatoms. The fraction of sp³-hybridized carbons (Fsp3) is 1.00. The van der Waals surface area contributed by atoms with E-state index in [1.807, 2.05) is 0 Å². The average Bonchev–Trinajstić information content (AvgIpc) is 2.17. The molecule has 0 bridgehead atoms. The highest BCUT2D eigenvalue weighted by atomic mass is 15.5. The van der Waals surface area contributed by atoms with Crippen molar-refractivity contribution in [1.82, 2.24) is 0 Å². The predicted molar refractivity (Wildman–Crippen MR) is 35.6 cm³/mol. The first-order valence-electron chi connectivity index (χ1n) is 3.42. The van der Waals surface area contributed by atoms with Gasteiger partial charge in [0, 0.05) is 0 Å². The van der Waals surface area contributed by atoms with Crippen LogP contribution < -0.4 is 0 Å². The summed E-state index contributed by atoms with van der Waals surface area (Å²) in [5.41, 5.74) is 0. The zero-order valence-corrected chi connectivity index (χ0v) is 6.31. The molecular formula is C7H16N+. The molecule has 0 N–H and O–H groups in total. The molecule has 48 valence electrons. The summed E-state index contributed by atoms with van der Waals surface area (Å²) in [5.74, 6) is 0. The van der Waals surface area contributed by atoms with E-state index in [9.17, 15) is 0 Å². The van der Waals surface area contributed by atoms with Crippen molar-refractivity contribution in [2.75, 3.05) is 13.6 Å². The fourth-order valence-electron chi connectivity index (χ4n) is 1.24. The molecule has 1 nitrogen and oxygen atoms in total. The SMILES string of the molecule is CC(C)[N+]1(C)CC1C. The van der Waals surface area contributed by atoms with Gasteiger partial charge in [0.15, 0.2) is 0 Å². The Balaban J connectivity index is 2.47. The lowest BCUT2D eigenvalue weighted by Crippen LogP contribution is -2.30.